The van der Waals surface area contributed by atoms with E-state index in [2.05, 4.69) is 39.5 Å². The van der Waals surface area contributed by atoms with Crippen molar-refractivity contribution < 1.29 is 0 Å². The molecule has 1 aliphatic carbocycles. The van der Waals surface area contributed by atoms with Gasteiger partial charge in [-0.1, -0.05) is 32.6 Å². The molecule has 0 nitrogen and oxygen atoms in total. The molecule has 0 heteroatoms. The molecule has 0 atom stereocenters. The van der Waals surface area contributed by atoms with Gasteiger partial charge in [-0.3, -0.25) is 0 Å². The molecule has 0 radical (unpaired) electrons. The summed E-state index contributed by atoms with van der Waals surface area (Å²) in [5.74, 6) is 0.790. The summed E-state index contributed by atoms with van der Waals surface area (Å²) in [6.45, 7) is 10.7. The molecule has 0 bridgehead atoms. The van der Waals surface area contributed by atoms with Gasteiger partial charge in [-0.25, -0.2) is 0 Å². The first kappa shape index (κ1) is 9.31. The van der Waals surface area contributed by atoms with Crippen LogP contribution in [-0.2, 0) is 0 Å². The Morgan fingerprint density at radius 2 is 2.00 bits per heavy atom. The van der Waals surface area contributed by atoms with E-state index in [0.717, 1.165) is 5.92 Å². The largest absolute Gasteiger partial charge is 0.0915 e. The highest BCUT2D eigenvalue weighted by Crippen LogP contribution is 2.27. The lowest BCUT2D eigenvalue weighted by Crippen LogP contribution is -1.91. The fraction of sp³-hybridized carbons (Fsp3) is 0.500. The predicted octanol–water partition coefficient (Wildman–Crippen LogP) is 3.87. The summed E-state index contributed by atoms with van der Waals surface area (Å²) in [7, 11) is 0. The quantitative estimate of drug-likeness (QED) is 0.591. The third kappa shape index (κ3) is 2.10. The Morgan fingerprint density at radius 1 is 1.33 bits per heavy atom. The van der Waals surface area contributed by atoms with E-state index in [1.807, 2.05) is 0 Å². The summed E-state index contributed by atoms with van der Waals surface area (Å²) in [6.07, 6.45) is 6.74. The van der Waals surface area contributed by atoms with Gasteiger partial charge in [-0.15, -0.1) is 0 Å². The molecule has 0 aromatic rings. The summed E-state index contributed by atoms with van der Waals surface area (Å²) in [5.41, 5.74) is 4.08. The van der Waals surface area contributed by atoms with Crippen LogP contribution in [0, 0.1) is 5.92 Å². The standard InChI is InChI=1S/C12H18/c1-9(2)5-8-12-10(3)6-7-11(12)4/h6-7,9H,3,5,8H2,1-2,4H3. The Hall–Kier alpha value is -0.780. The van der Waals surface area contributed by atoms with E-state index >= 15 is 0 Å². The average Bonchev–Trinajstić information content (AvgIpc) is 2.28. The predicted molar refractivity (Wildman–Crippen MR) is 55.1 cm³/mol. The second-order valence-electron chi connectivity index (χ2n) is 3.95. The minimum absolute atomic E-state index is 0.790. The lowest BCUT2D eigenvalue weighted by atomic mass is 9.98. The van der Waals surface area contributed by atoms with Crippen LogP contribution in [0.1, 0.15) is 33.6 Å². The van der Waals surface area contributed by atoms with Gasteiger partial charge in [0.25, 0.3) is 0 Å². The zero-order valence-electron chi connectivity index (χ0n) is 8.35. The van der Waals surface area contributed by atoms with E-state index in [1.165, 1.54) is 29.6 Å². The van der Waals surface area contributed by atoms with Crippen molar-refractivity contribution >= 4 is 0 Å². The summed E-state index contributed by atoms with van der Waals surface area (Å²) in [4.78, 5) is 0. The molecule has 12 heavy (non-hydrogen) atoms. The van der Waals surface area contributed by atoms with Crippen LogP contribution < -0.4 is 0 Å². The highest BCUT2D eigenvalue weighted by atomic mass is 14.1. The Balaban J connectivity index is 2.53. The van der Waals surface area contributed by atoms with E-state index in [-0.39, 0.29) is 0 Å². The van der Waals surface area contributed by atoms with Gasteiger partial charge < -0.3 is 0 Å². The van der Waals surface area contributed by atoms with Crippen LogP contribution in [0.25, 0.3) is 0 Å². The van der Waals surface area contributed by atoms with Crippen molar-refractivity contribution in [3.05, 3.63) is 35.5 Å². The van der Waals surface area contributed by atoms with Crippen LogP contribution >= 0.6 is 0 Å². The second-order valence-corrected chi connectivity index (χ2v) is 3.95. The van der Waals surface area contributed by atoms with Crippen LogP contribution in [0.15, 0.2) is 35.5 Å². The molecule has 0 saturated carbocycles. The smallest absolute Gasteiger partial charge is 0.0268 e. The fourth-order valence-corrected chi connectivity index (χ4v) is 1.47. The minimum Gasteiger partial charge on any atom is -0.0915 e. The fourth-order valence-electron chi connectivity index (χ4n) is 1.47. The third-order valence-corrected chi connectivity index (χ3v) is 2.37. The molecule has 0 amide bonds. The van der Waals surface area contributed by atoms with E-state index in [0.29, 0.717) is 0 Å². The molecule has 0 heterocycles. The van der Waals surface area contributed by atoms with Gasteiger partial charge in [0, 0.05) is 0 Å². The van der Waals surface area contributed by atoms with Crippen molar-refractivity contribution in [2.24, 2.45) is 5.92 Å². The first-order valence-electron chi connectivity index (χ1n) is 4.68. The van der Waals surface area contributed by atoms with Crippen molar-refractivity contribution in [3.8, 4) is 0 Å². The normalized spacial score (nSPS) is 16.8. The number of hydrogen-bond donors (Lipinski definition) is 0. The van der Waals surface area contributed by atoms with Crippen LogP contribution in [0.4, 0.5) is 0 Å². The lowest BCUT2D eigenvalue weighted by molar-refractivity contribution is 0.586. The molecule has 66 valence electrons. The summed E-state index contributed by atoms with van der Waals surface area (Å²) < 4.78 is 0. The first-order valence-corrected chi connectivity index (χ1v) is 4.68. The number of allylic oxidation sites excluding steroid dienone is 5. The maximum Gasteiger partial charge on any atom is -0.0268 e. The Kier molecular flexibility index (Phi) is 2.91. The zero-order valence-corrected chi connectivity index (χ0v) is 8.35. The molecule has 0 saturated heterocycles. The highest BCUT2D eigenvalue weighted by molar-refractivity contribution is 5.51. The Labute approximate surface area is 75.7 Å². The van der Waals surface area contributed by atoms with Crippen molar-refractivity contribution in [3.63, 3.8) is 0 Å². The number of rotatable bonds is 3. The molecule has 0 unspecified atom stereocenters. The van der Waals surface area contributed by atoms with E-state index < -0.39 is 0 Å². The molecule has 1 rings (SSSR count). The summed E-state index contributed by atoms with van der Waals surface area (Å²) in [5, 5.41) is 0. The first-order chi connectivity index (χ1) is 5.61. The summed E-state index contributed by atoms with van der Waals surface area (Å²) in [6, 6.07) is 0. The van der Waals surface area contributed by atoms with Crippen LogP contribution in [0.3, 0.4) is 0 Å². The third-order valence-electron chi connectivity index (χ3n) is 2.37. The van der Waals surface area contributed by atoms with Crippen molar-refractivity contribution in [2.45, 2.75) is 33.6 Å². The maximum absolute atomic E-state index is 4.02. The van der Waals surface area contributed by atoms with Gasteiger partial charge in [0.05, 0.1) is 0 Å². The van der Waals surface area contributed by atoms with Crippen LogP contribution in [0.2, 0.25) is 0 Å². The number of hydrogen-bond acceptors (Lipinski definition) is 0. The molecular weight excluding hydrogens is 144 g/mol. The Bertz CT molecular complexity index is 239. The van der Waals surface area contributed by atoms with Crippen molar-refractivity contribution in [1.29, 1.82) is 0 Å². The highest BCUT2D eigenvalue weighted by Gasteiger charge is 2.09. The maximum atomic E-state index is 4.02. The molecule has 0 spiro atoms. The molecular formula is C12H18. The second kappa shape index (κ2) is 3.75. The van der Waals surface area contributed by atoms with E-state index in [4.69, 9.17) is 0 Å². The van der Waals surface area contributed by atoms with Gasteiger partial charge in [-0.2, -0.15) is 0 Å². The molecule has 0 N–H and O–H groups in total. The average molecular weight is 162 g/mol. The summed E-state index contributed by atoms with van der Waals surface area (Å²) >= 11 is 0. The van der Waals surface area contributed by atoms with E-state index in [9.17, 15) is 0 Å². The topological polar surface area (TPSA) is 0 Å². The molecule has 0 aliphatic heterocycles. The van der Waals surface area contributed by atoms with Gasteiger partial charge in [-0.05, 0) is 42.4 Å². The van der Waals surface area contributed by atoms with Crippen LogP contribution in [-0.4, -0.2) is 0 Å². The van der Waals surface area contributed by atoms with Crippen molar-refractivity contribution in [2.75, 3.05) is 0 Å². The van der Waals surface area contributed by atoms with E-state index in [1.54, 1.807) is 0 Å². The van der Waals surface area contributed by atoms with Gasteiger partial charge in [0.1, 0.15) is 0 Å². The van der Waals surface area contributed by atoms with Gasteiger partial charge in [0.15, 0.2) is 0 Å². The molecule has 0 fully saturated rings. The molecule has 0 aromatic heterocycles. The minimum atomic E-state index is 0.790. The zero-order chi connectivity index (χ0) is 9.14. The monoisotopic (exact) mass is 162 g/mol. The lowest BCUT2D eigenvalue weighted by Gasteiger charge is -2.07. The molecule has 1 aliphatic rings. The van der Waals surface area contributed by atoms with Gasteiger partial charge >= 0.3 is 0 Å². The van der Waals surface area contributed by atoms with Gasteiger partial charge in [0.2, 0.25) is 0 Å². The Morgan fingerprint density at radius 3 is 2.42 bits per heavy atom. The molecule has 0 aromatic carbocycles. The SMILES string of the molecule is C=C1C=CC(C)=C1CCC(C)C. The van der Waals surface area contributed by atoms with Crippen molar-refractivity contribution in [1.82, 2.24) is 0 Å². The van der Waals surface area contributed by atoms with Crippen LogP contribution in [0.5, 0.6) is 0 Å².